The Kier molecular flexibility index (Phi) is 17.2. The second-order valence-electron chi connectivity index (χ2n) is 5.55. The summed E-state index contributed by atoms with van der Waals surface area (Å²) >= 11 is 0. The standard InChI is InChI=1S/2C8H8O.2C5H5.Ti/c2*1-7(9)8-5-3-2-4-6-8;2*1-2-4-5-3-1;/h2*2-6,9H,1H2;2*1-5H;/q;;;;+2. The maximum Gasteiger partial charge on any atom is 2.00 e. The van der Waals surface area contributed by atoms with Crippen LogP contribution in [0.3, 0.4) is 0 Å². The Bertz CT molecular complexity index is 570. The van der Waals surface area contributed by atoms with Crippen LogP contribution >= 0.6 is 0 Å². The molecule has 0 bridgehead atoms. The number of aliphatic hydroxyl groups is 2. The van der Waals surface area contributed by atoms with Crippen LogP contribution in [-0.4, -0.2) is 10.2 Å². The van der Waals surface area contributed by atoms with Crippen LogP contribution in [0, 0.1) is 64.2 Å². The van der Waals surface area contributed by atoms with Gasteiger partial charge in [-0.15, -0.1) is 0 Å². The van der Waals surface area contributed by atoms with Gasteiger partial charge >= 0.3 is 21.7 Å². The molecule has 0 aliphatic heterocycles. The fourth-order valence-electron chi connectivity index (χ4n) is 1.90. The van der Waals surface area contributed by atoms with Crippen LogP contribution in [0.2, 0.25) is 0 Å². The molecule has 4 rings (SSSR count). The molecule has 2 N–H and O–H groups in total. The third-order valence-corrected chi connectivity index (χ3v) is 3.33. The van der Waals surface area contributed by atoms with Gasteiger partial charge in [-0.2, -0.15) is 0 Å². The van der Waals surface area contributed by atoms with E-state index in [2.05, 4.69) is 13.2 Å². The number of rotatable bonds is 2. The second kappa shape index (κ2) is 18.3. The molecule has 10 radical (unpaired) electrons. The third-order valence-electron chi connectivity index (χ3n) is 3.33. The van der Waals surface area contributed by atoms with E-state index in [1.165, 1.54) is 0 Å². The summed E-state index contributed by atoms with van der Waals surface area (Å²) in [6, 6.07) is 18.5. The minimum absolute atomic E-state index is 0. The van der Waals surface area contributed by atoms with Crippen molar-refractivity contribution in [2.75, 3.05) is 0 Å². The Balaban J connectivity index is 0.000000369. The van der Waals surface area contributed by atoms with E-state index in [9.17, 15) is 0 Å². The summed E-state index contributed by atoms with van der Waals surface area (Å²) in [7, 11) is 0. The van der Waals surface area contributed by atoms with Crippen LogP contribution < -0.4 is 0 Å². The van der Waals surface area contributed by atoms with Gasteiger partial charge < -0.3 is 10.2 Å². The average molecular weight is 418 g/mol. The van der Waals surface area contributed by atoms with Crippen molar-refractivity contribution in [2.24, 2.45) is 0 Å². The molecule has 2 nitrogen and oxygen atoms in total. The van der Waals surface area contributed by atoms with Gasteiger partial charge in [0.15, 0.2) is 0 Å². The van der Waals surface area contributed by atoms with Crippen LogP contribution in [0.5, 0.6) is 0 Å². The Morgan fingerprint density at radius 1 is 0.448 bits per heavy atom. The molecule has 0 amide bonds. The summed E-state index contributed by atoms with van der Waals surface area (Å²) in [5.41, 5.74) is 1.55. The topological polar surface area (TPSA) is 40.5 Å². The zero-order valence-electron chi connectivity index (χ0n) is 16.4. The predicted molar refractivity (Wildman–Crippen MR) is 119 cm³/mol. The van der Waals surface area contributed by atoms with Crippen molar-refractivity contribution in [3.63, 3.8) is 0 Å². The first-order chi connectivity index (χ1) is 13.6. The molecular formula is C26H26O2Ti+2. The molecule has 29 heavy (non-hydrogen) atoms. The third kappa shape index (κ3) is 14.8. The van der Waals surface area contributed by atoms with Crippen molar-refractivity contribution < 1.29 is 31.9 Å². The second-order valence-corrected chi connectivity index (χ2v) is 5.55. The maximum atomic E-state index is 8.83. The molecule has 2 aliphatic carbocycles. The molecule has 2 fully saturated rings. The minimum atomic E-state index is 0. The van der Waals surface area contributed by atoms with Gasteiger partial charge in [-0.3, -0.25) is 0 Å². The minimum Gasteiger partial charge on any atom is -0.508 e. The Hall–Kier alpha value is -1.77. The Morgan fingerprint density at radius 3 is 0.793 bits per heavy atom. The molecule has 2 aromatic rings. The van der Waals surface area contributed by atoms with E-state index in [1.54, 1.807) is 0 Å². The van der Waals surface area contributed by atoms with Gasteiger partial charge in [-0.25, -0.2) is 0 Å². The summed E-state index contributed by atoms with van der Waals surface area (Å²) < 4.78 is 0. The first-order valence-corrected chi connectivity index (χ1v) is 8.81. The largest absolute Gasteiger partial charge is 2.00 e. The van der Waals surface area contributed by atoms with E-state index >= 15 is 0 Å². The van der Waals surface area contributed by atoms with Gasteiger partial charge in [0.25, 0.3) is 0 Å². The average Bonchev–Trinajstić information content (AvgIpc) is 3.48. The molecule has 2 saturated carbocycles. The molecule has 144 valence electrons. The molecule has 0 unspecified atom stereocenters. The van der Waals surface area contributed by atoms with Gasteiger partial charge in [0.2, 0.25) is 0 Å². The van der Waals surface area contributed by atoms with E-state index in [0.717, 1.165) is 11.1 Å². The molecule has 2 aromatic carbocycles. The van der Waals surface area contributed by atoms with Crippen LogP contribution in [-0.2, 0) is 21.7 Å². The summed E-state index contributed by atoms with van der Waals surface area (Å²) in [5, 5.41) is 17.7. The quantitative estimate of drug-likeness (QED) is 0.433. The summed E-state index contributed by atoms with van der Waals surface area (Å²) in [6.45, 7) is 6.76. The van der Waals surface area contributed by atoms with E-state index in [1.807, 2.05) is 125 Å². The van der Waals surface area contributed by atoms with Crippen LogP contribution in [0.1, 0.15) is 11.1 Å². The van der Waals surface area contributed by atoms with Crippen molar-refractivity contribution in [2.45, 2.75) is 0 Å². The zero-order valence-corrected chi connectivity index (χ0v) is 17.9. The maximum absolute atomic E-state index is 8.83. The summed E-state index contributed by atoms with van der Waals surface area (Å²) in [5.74, 6) is 0.242. The van der Waals surface area contributed by atoms with Crippen molar-refractivity contribution in [3.05, 3.63) is 149 Å². The van der Waals surface area contributed by atoms with Crippen LogP contribution in [0.25, 0.3) is 11.5 Å². The van der Waals surface area contributed by atoms with Crippen LogP contribution in [0.15, 0.2) is 73.8 Å². The van der Waals surface area contributed by atoms with E-state index < -0.39 is 0 Å². The molecule has 0 saturated heterocycles. The van der Waals surface area contributed by atoms with Crippen molar-refractivity contribution >= 4 is 11.5 Å². The van der Waals surface area contributed by atoms with Crippen molar-refractivity contribution in [3.8, 4) is 0 Å². The Morgan fingerprint density at radius 2 is 0.655 bits per heavy atom. The van der Waals surface area contributed by atoms with Gasteiger partial charge in [-0.05, 0) is 64.2 Å². The smallest absolute Gasteiger partial charge is 0.508 e. The zero-order chi connectivity index (χ0) is 20.5. The molecular weight excluding hydrogens is 392 g/mol. The van der Waals surface area contributed by atoms with Crippen LogP contribution in [0.4, 0.5) is 0 Å². The number of benzene rings is 2. The van der Waals surface area contributed by atoms with Gasteiger partial charge in [0, 0.05) is 11.1 Å². The van der Waals surface area contributed by atoms with E-state index in [-0.39, 0.29) is 33.2 Å². The van der Waals surface area contributed by atoms with Crippen molar-refractivity contribution in [1.29, 1.82) is 0 Å². The molecule has 2 aliphatic rings. The predicted octanol–water partition coefficient (Wildman–Crippen LogP) is 6.47. The number of hydrogen-bond acceptors (Lipinski definition) is 2. The summed E-state index contributed by atoms with van der Waals surface area (Å²) in [6.07, 6.45) is 20.0. The monoisotopic (exact) mass is 418 g/mol. The molecule has 0 aromatic heterocycles. The molecule has 0 atom stereocenters. The van der Waals surface area contributed by atoms with Gasteiger partial charge in [0.05, 0.1) is 0 Å². The fraction of sp³-hybridized carbons (Fsp3) is 0. The summed E-state index contributed by atoms with van der Waals surface area (Å²) in [4.78, 5) is 0. The van der Waals surface area contributed by atoms with E-state index in [0.29, 0.717) is 0 Å². The van der Waals surface area contributed by atoms with Gasteiger partial charge in [-0.1, -0.05) is 73.8 Å². The fourth-order valence-corrected chi connectivity index (χ4v) is 1.90. The number of hydrogen-bond donors (Lipinski definition) is 2. The van der Waals surface area contributed by atoms with Gasteiger partial charge in [0.1, 0.15) is 11.5 Å². The Labute approximate surface area is 192 Å². The SMILES string of the molecule is C=C(O)c1ccccc1.C=C(O)c1ccccc1.[CH]1[CH][CH][CH][CH]1.[CH]1[CH][CH][CH][CH]1.[Ti+2]. The van der Waals surface area contributed by atoms with Crippen molar-refractivity contribution in [1.82, 2.24) is 0 Å². The first kappa shape index (κ1) is 27.2. The molecule has 3 heteroatoms. The molecule has 0 heterocycles. The number of aliphatic hydroxyl groups excluding tert-OH is 2. The van der Waals surface area contributed by atoms with E-state index in [4.69, 9.17) is 10.2 Å². The first-order valence-electron chi connectivity index (χ1n) is 8.81. The normalized spacial score (nSPS) is 13.8. The molecule has 0 spiro atoms.